The molecule has 0 aliphatic rings. The second kappa shape index (κ2) is 8.05. The normalized spacial score (nSPS) is 13.7. The predicted molar refractivity (Wildman–Crippen MR) is 101 cm³/mol. The first-order valence-corrected chi connectivity index (χ1v) is 9.02. The van der Waals surface area contributed by atoms with Gasteiger partial charge in [0.05, 0.1) is 6.20 Å². The highest BCUT2D eigenvalue weighted by Gasteiger charge is 2.32. The summed E-state index contributed by atoms with van der Waals surface area (Å²) in [5, 5.41) is 13.6. The zero-order valence-electron chi connectivity index (χ0n) is 14.0. The first-order chi connectivity index (χ1) is 12.2. The molecule has 0 aliphatic heterocycles. The molecule has 1 atom stereocenters. The van der Waals surface area contributed by atoms with Crippen molar-refractivity contribution in [2.75, 3.05) is 6.61 Å². The van der Waals surface area contributed by atoms with Crippen LogP contribution >= 0.6 is 11.3 Å². The Balaban J connectivity index is 1.70. The van der Waals surface area contributed by atoms with Crippen LogP contribution in [0.25, 0.3) is 6.08 Å². The molecule has 2 heterocycles. The van der Waals surface area contributed by atoms with E-state index in [1.165, 1.54) is 11.3 Å². The molecule has 3 rings (SSSR count). The summed E-state index contributed by atoms with van der Waals surface area (Å²) in [6.07, 6.45) is 9.49. The molecule has 1 N–H and O–H groups in total. The molecule has 25 heavy (non-hydrogen) atoms. The van der Waals surface area contributed by atoms with E-state index in [1.807, 2.05) is 60.9 Å². The number of rotatable bonds is 7. The lowest BCUT2D eigenvalue weighted by Crippen LogP contribution is -2.26. The highest BCUT2D eigenvalue weighted by molar-refractivity contribution is 7.09. The minimum atomic E-state index is -1.14. The average Bonchev–Trinajstić information content (AvgIpc) is 3.21. The van der Waals surface area contributed by atoms with E-state index in [-0.39, 0.29) is 0 Å². The third-order valence-corrected chi connectivity index (χ3v) is 4.87. The molecule has 0 bridgehead atoms. The van der Waals surface area contributed by atoms with Gasteiger partial charge in [-0.2, -0.15) is 0 Å². The van der Waals surface area contributed by atoms with Crippen LogP contribution < -0.4 is 4.74 Å². The van der Waals surface area contributed by atoms with E-state index in [1.54, 1.807) is 18.6 Å². The molecular weight excluding hydrogens is 332 g/mol. The van der Waals surface area contributed by atoms with Gasteiger partial charge >= 0.3 is 0 Å². The molecule has 4 nitrogen and oxygen atoms in total. The summed E-state index contributed by atoms with van der Waals surface area (Å²) in [5.41, 5.74) is 0.678. The number of nitrogens with zero attached hydrogens (tertiary/aromatic N) is 2. The Labute approximate surface area is 151 Å². The smallest absolute Gasteiger partial charge is 0.142 e. The van der Waals surface area contributed by atoms with Crippen molar-refractivity contribution in [2.45, 2.75) is 18.9 Å². The number of thiazole rings is 1. The van der Waals surface area contributed by atoms with E-state index >= 15 is 0 Å². The number of aliphatic hydroxyl groups is 1. The van der Waals surface area contributed by atoms with Crippen molar-refractivity contribution in [2.24, 2.45) is 0 Å². The molecule has 0 spiro atoms. The van der Waals surface area contributed by atoms with E-state index in [0.717, 1.165) is 5.56 Å². The van der Waals surface area contributed by atoms with Crippen molar-refractivity contribution in [1.29, 1.82) is 0 Å². The van der Waals surface area contributed by atoms with Crippen molar-refractivity contribution in [3.63, 3.8) is 0 Å². The number of pyridine rings is 1. The topological polar surface area (TPSA) is 55.2 Å². The SMILES string of the molecule is CCC(O)(c1cncc(OC/C=C/c2ccccc2)c1)c1nccs1. The Morgan fingerprint density at radius 1 is 1.24 bits per heavy atom. The van der Waals surface area contributed by atoms with E-state index < -0.39 is 5.60 Å². The Morgan fingerprint density at radius 2 is 2.08 bits per heavy atom. The number of benzene rings is 1. The molecule has 0 saturated heterocycles. The van der Waals surface area contributed by atoms with Crippen molar-refractivity contribution in [1.82, 2.24) is 9.97 Å². The van der Waals surface area contributed by atoms with Gasteiger partial charge in [0, 0.05) is 23.3 Å². The highest BCUT2D eigenvalue weighted by Crippen LogP contribution is 2.34. The Morgan fingerprint density at radius 3 is 2.80 bits per heavy atom. The fourth-order valence-electron chi connectivity index (χ4n) is 2.52. The molecule has 0 amide bonds. The van der Waals surface area contributed by atoms with Gasteiger partial charge in [0.25, 0.3) is 0 Å². The van der Waals surface area contributed by atoms with Crippen molar-refractivity contribution >= 4 is 17.4 Å². The fraction of sp³-hybridized carbons (Fsp3) is 0.200. The summed E-state index contributed by atoms with van der Waals surface area (Å²) in [6.45, 7) is 2.36. The zero-order valence-corrected chi connectivity index (χ0v) is 14.8. The van der Waals surface area contributed by atoms with Gasteiger partial charge in [0.2, 0.25) is 0 Å². The molecule has 0 saturated carbocycles. The summed E-state index contributed by atoms with van der Waals surface area (Å²) < 4.78 is 5.75. The van der Waals surface area contributed by atoms with Crippen molar-refractivity contribution in [3.8, 4) is 5.75 Å². The maximum atomic E-state index is 11.0. The van der Waals surface area contributed by atoms with Crippen LogP contribution in [0.5, 0.6) is 5.75 Å². The summed E-state index contributed by atoms with van der Waals surface area (Å²) in [4.78, 5) is 8.48. The molecule has 0 aliphatic carbocycles. The first-order valence-electron chi connectivity index (χ1n) is 8.14. The number of aromatic nitrogens is 2. The van der Waals surface area contributed by atoms with Crippen LogP contribution in [0.4, 0.5) is 0 Å². The number of hydrogen-bond donors (Lipinski definition) is 1. The van der Waals surface area contributed by atoms with Gasteiger partial charge in [-0.15, -0.1) is 11.3 Å². The molecule has 0 fully saturated rings. The minimum absolute atomic E-state index is 0.432. The van der Waals surface area contributed by atoms with Gasteiger partial charge in [-0.25, -0.2) is 4.98 Å². The van der Waals surface area contributed by atoms with Crippen LogP contribution in [-0.2, 0) is 5.60 Å². The molecule has 3 aromatic rings. The summed E-state index contributed by atoms with van der Waals surface area (Å²) in [5.74, 6) is 0.624. The van der Waals surface area contributed by atoms with Crippen LogP contribution in [0.2, 0.25) is 0 Å². The lowest BCUT2D eigenvalue weighted by atomic mass is 9.93. The maximum absolute atomic E-state index is 11.0. The Kier molecular flexibility index (Phi) is 5.58. The summed E-state index contributed by atoms with van der Waals surface area (Å²) in [7, 11) is 0. The number of ether oxygens (including phenoxy) is 1. The van der Waals surface area contributed by atoms with E-state index in [4.69, 9.17) is 4.74 Å². The van der Waals surface area contributed by atoms with E-state index in [0.29, 0.717) is 29.3 Å². The lowest BCUT2D eigenvalue weighted by Gasteiger charge is -2.24. The van der Waals surface area contributed by atoms with Gasteiger partial charge in [0.1, 0.15) is 23.0 Å². The molecule has 0 radical (unpaired) electrons. The molecule has 1 unspecified atom stereocenters. The van der Waals surface area contributed by atoms with Crippen LogP contribution in [0.3, 0.4) is 0 Å². The minimum Gasteiger partial charge on any atom is -0.488 e. The lowest BCUT2D eigenvalue weighted by molar-refractivity contribution is 0.0755. The van der Waals surface area contributed by atoms with E-state index in [2.05, 4.69) is 9.97 Å². The highest BCUT2D eigenvalue weighted by atomic mass is 32.1. The van der Waals surface area contributed by atoms with Crippen LogP contribution in [0.15, 0.2) is 66.4 Å². The average molecular weight is 352 g/mol. The summed E-state index contributed by atoms with van der Waals surface area (Å²) >= 11 is 1.43. The maximum Gasteiger partial charge on any atom is 0.142 e. The van der Waals surface area contributed by atoms with Gasteiger partial charge in [-0.3, -0.25) is 4.98 Å². The second-order valence-corrected chi connectivity index (χ2v) is 6.48. The fourth-order valence-corrected chi connectivity index (χ4v) is 3.35. The monoisotopic (exact) mass is 352 g/mol. The Bertz CT molecular complexity index is 819. The molecular formula is C20H20N2O2S. The molecule has 5 heteroatoms. The predicted octanol–water partition coefficient (Wildman–Crippen LogP) is 4.28. The van der Waals surface area contributed by atoms with Gasteiger partial charge in [-0.05, 0) is 24.1 Å². The third kappa shape index (κ3) is 4.13. The third-order valence-electron chi connectivity index (χ3n) is 3.94. The summed E-state index contributed by atoms with van der Waals surface area (Å²) in [6, 6.07) is 11.9. The number of hydrogen-bond acceptors (Lipinski definition) is 5. The van der Waals surface area contributed by atoms with Crippen LogP contribution in [-0.4, -0.2) is 21.7 Å². The van der Waals surface area contributed by atoms with E-state index in [9.17, 15) is 5.11 Å². The standard InChI is InChI=1S/C20H20N2O2S/c1-2-20(23,19-22-10-12-25-19)17-13-18(15-21-14-17)24-11-6-9-16-7-4-3-5-8-16/h3-10,12-15,23H,2,11H2,1H3/b9-6+. The van der Waals surface area contributed by atoms with Gasteiger partial charge in [-0.1, -0.05) is 43.3 Å². The zero-order chi connectivity index (χ0) is 17.5. The van der Waals surface area contributed by atoms with Crippen molar-refractivity contribution < 1.29 is 9.84 Å². The molecule has 2 aromatic heterocycles. The Hall–Kier alpha value is -2.50. The van der Waals surface area contributed by atoms with Gasteiger partial charge in [0.15, 0.2) is 0 Å². The van der Waals surface area contributed by atoms with Crippen LogP contribution in [0.1, 0.15) is 29.5 Å². The quantitative estimate of drug-likeness (QED) is 0.690. The van der Waals surface area contributed by atoms with Crippen LogP contribution in [0, 0.1) is 0 Å². The molecule has 128 valence electrons. The second-order valence-electron chi connectivity index (χ2n) is 5.58. The largest absolute Gasteiger partial charge is 0.488 e. The molecule has 1 aromatic carbocycles. The first kappa shape index (κ1) is 17.3. The van der Waals surface area contributed by atoms with Crippen molar-refractivity contribution in [3.05, 3.63) is 82.6 Å². The van der Waals surface area contributed by atoms with Gasteiger partial charge < -0.3 is 9.84 Å².